The predicted octanol–water partition coefficient (Wildman–Crippen LogP) is 1.77. The highest BCUT2D eigenvalue weighted by molar-refractivity contribution is 5.85. The minimum Gasteiger partial charge on any atom is -0.477 e. The average Bonchev–Trinajstić information content (AvgIpc) is 3.20. The van der Waals surface area contributed by atoms with Gasteiger partial charge in [0.15, 0.2) is 0 Å². The number of aromatic nitrogens is 1. The molecule has 1 atom stereocenters. The summed E-state index contributed by atoms with van der Waals surface area (Å²) in [4.78, 5) is 26.1. The molecule has 1 aromatic rings. The fourth-order valence-corrected chi connectivity index (χ4v) is 2.03. The number of amides is 2. The van der Waals surface area contributed by atoms with Crippen LogP contribution in [-0.4, -0.2) is 28.1 Å². The van der Waals surface area contributed by atoms with Gasteiger partial charge in [-0.2, -0.15) is 0 Å². The van der Waals surface area contributed by atoms with E-state index in [0.717, 1.165) is 17.9 Å². The van der Waals surface area contributed by atoms with E-state index < -0.39 is 5.97 Å². The quantitative estimate of drug-likeness (QED) is 0.739. The number of nitrogens with zero attached hydrogens (tertiary/aromatic N) is 1. The van der Waals surface area contributed by atoms with Crippen molar-refractivity contribution in [1.82, 2.24) is 15.6 Å². The maximum absolute atomic E-state index is 11.7. The van der Waals surface area contributed by atoms with Gasteiger partial charge in [0.1, 0.15) is 5.69 Å². The molecule has 2 amide bonds. The molecule has 1 aliphatic rings. The fraction of sp³-hybridized carbons (Fsp3) is 0.500. The number of nitrogens with one attached hydrogen (secondary N) is 2. The number of carboxylic acid groups (broad SMARTS) is 1. The summed E-state index contributed by atoms with van der Waals surface area (Å²) >= 11 is 0. The van der Waals surface area contributed by atoms with E-state index in [1.54, 1.807) is 6.07 Å². The zero-order valence-corrected chi connectivity index (χ0v) is 11.4. The highest BCUT2D eigenvalue weighted by Crippen LogP contribution is 2.33. The van der Waals surface area contributed by atoms with Crippen molar-refractivity contribution in [1.29, 1.82) is 0 Å². The maximum Gasteiger partial charge on any atom is 0.354 e. The minimum atomic E-state index is -1.06. The zero-order valence-electron chi connectivity index (χ0n) is 11.4. The highest BCUT2D eigenvalue weighted by Gasteiger charge is 2.24. The van der Waals surface area contributed by atoms with E-state index in [0.29, 0.717) is 6.54 Å². The number of carbonyl (C=O) groups is 2. The van der Waals surface area contributed by atoms with Crippen LogP contribution in [0.25, 0.3) is 0 Å². The van der Waals surface area contributed by atoms with Gasteiger partial charge in [0.2, 0.25) is 0 Å². The third-order valence-electron chi connectivity index (χ3n) is 3.26. The molecule has 6 nitrogen and oxygen atoms in total. The lowest BCUT2D eigenvalue weighted by atomic mass is 10.2. The Kier molecular flexibility index (Phi) is 4.55. The van der Waals surface area contributed by atoms with E-state index in [9.17, 15) is 9.59 Å². The highest BCUT2D eigenvalue weighted by atomic mass is 16.4. The van der Waals surface area contributed by atoms with Crippen molar-refractivity contribution >= 4 is 12.0 Å². The van der Waals surface area contributed by atoms with Gasteiger partial charge in [-0.25, -0.2) is 14.6 Å². The van der Waals surface area contributed by atoms with Crippen LogP contribution in [-0.2, 0) is 6.54 Å². The van der Waals surface area contributed by atoms with Crippen LogP contribution in [0.2, 0.25) is 0 Å². The Balaban J connectivity index is 1.73. The lowest BCUT2D eigenvalue weighted by Gasteiger charge is -2.14. The third kappa shape index (κ3) is 4.53. The molecule has 1 fully saturated rings. The van der Waals surface area contributed by atoms with E-state index in [1.807, 2.05) is 6.92 Å². The second-order valence-corrected chi connectivity index (χ2v) is 5.26. The Hall–Kier alpha value is -2.11. The smallest absolute Gasteiger partial charge is 0.354 e. The fourth-order valence-electron chi connectivity index (χ4n) is 2.03. The lowest BCUT2D eigenvalue weighted by Crippen LogP contribution is -2.40. The Morgan fingerprint density at radius 1 is 1.45 bits per heavy atom. The molecule has 1 aliphatic carbocycles. The molecular formula is C14H19N3O3. The van der Waals surface area contributed by atoms with Gasteiger partial charge in [-0.1, -0.05) is 18.9 Å². The van der Waals surface area contributed by atoms with Gasteiger partial charge < -0.3 is 15.7 Å². The van der Waals surface area contributed by atoms with Gasteiger partial charge in [-0.05, 0) is 30.9 Å². The average molecular weight is 277 g/mol. The Morgan fingerprint density at radius 3 is 2.75 bits per heavy atom. The molecule has 108 valence electrons. The number of urea groups is 1. The van der Waals surface area contributed by atoms with Gasteiger partial charge in [-0.3, -0.25) is 0 Å². The summed E-state index contributed by atoms with van der Waals surface area (Å²) in [5.74, 6) is -0.283. The van der Waals surface area contributed by atoms with Crippen LogP contribution in [0, 0.1) is 5.92 Å². The van der Waals surface area contributed by atoms with Crippen LogP contribution in [0.1, 0.15) is 42.2 Å². The lowest BCUT2D eigenvalue weighted by molar-refractivity contribution is 0.0690. The van der Waals surface area contributed by atoms with E-state index in [4.69, 9.17) is 5.11 Å². The normalized spacial score (nSPS) is 15.4. The molecule has 1 aromatic heterocycles. The molecule has 3 N–H and O–H groups in total. The van der Waals surface area contributed by atoms with Crippen molar-refractivity contribution in [2.24, 2.45) is 5.92 Å². The molecule has 0 aliphatic heterocycles. The molecule has 0 saturated heterocycles. The first-order chi connectivity index (χ1) is 9.54. The molecule has 1 heterocycles. The van der Waals surface area contributed by atoms with Crippen molar-refractivity contribution in [2.75, 3.05) is 0 Å². The first-order valence-electron chi connectivity index (χ1n) is 6.77. The van der Waals surface area contributed by atoms with Crippen molar-refractivity contribution in [3.63, 3.8) is 0 Å². The molecule has 1 saturated carbocycles. The summed E-state index contributed by atoms with van der Waals surface area (Å²) in [6, 6.07) is 3.03. The van der Waals surface area contributed by atoms with Crippen molar-refractivity contribution < 1.29 is 14.7 Å². The molecule has 1 unspecified atom stereocenters. The van der Waals surface area contributed by atoms with Crippen LogP contribution >= 0.6 is 0 Å². The number of hydrogen-bond donors (Lipinski definition) is 3. The van der Waals surface area contributed by atoms with Gasteiger partial charge in [0.25, 0.3) is 0 Å². The second kappa shape index (κ2) is 6.36. The Morgan fingerprint density at radius 2 is 2.20 bits per heavy atom. The van der Waals surface area contributed by atoms with Crippen LogP contribution in [0.3, 0.4) is 0 Å². The Labute approximate surface area is 117 Å². The number of carboxylic acids is 1. The number of rotatable bonds is 6. The summed E-state index contributed by atoms with van der Waals surface area (Å²) in [5, 5.41) is 14.3. The van der Waals surface area contributed by atoms with E-state index in [2.05, 4.69) is 15.6 Å². The number of pyridine rings is 1. The molecular weight excluding hydrogens is 258 g/mol. The number of carbonyl (C=O) groups excluding carboxylic acids is 1. The molecule has 6 heteroatoms. The van der Waals surface area contributed by atoms with Crippen molar-refractivity contribution in [3.05, 3.63) is 29.6 Å². The SMILES string of the molecule is CC(CC1CC1)NC(=O)NCc1ccc(C(=O)O)nc1. The second-order valence-electron chi connectivity index (χ2n) is 5.26. The van der Waals surface area contributed by atoms with Gasteiger partial charge in [-0.15, -0.1) is 0 Å². The third-order valence-corrected chi connectivity index (χ3v) is 3.26. The van der Waals surface area contributed by atoms with Crippen molar-refractivity contribution in [2.45, 2.75) is 38.8 Å². The van der Waals surface area contributed by atoms with Gasteiger partial charge >= 0.3 is 12.0 Å². The van der Waals surface area contributed by atoms with Crippen LogP contribution in [0.5, 0.6) is 0 Å². The summed E-state index contributed by atoms with van der Waals surface area (Å²) in [5.41, 5.74) is 0.760. The standard InChI is InChI=1S/C14H19N3O3/c1-9(6-10-2-3-10)17-14(20)16-8-11-4-5-12(13(18)19)15-7-11/h4-5,7,9-10H,2-3,6,8H2,1H3,(H,18,19)(H2,16,17,20). The van der Waals surface area contributed by atoms with Crippen LogP contribution < -0.4 is 10.6 Å². The van der Waals surface area contributed by atoms with Gasteiger partial charge in [0, 0.05) is 18.8 Å². The predicted molar refractivity (Wildman–Crippen MR) is 73.4 cm³/mol. The number of hydrogen-bond acceptors (Lipinski definition) is 3. The summed E-state index contributed by atoms with van der Waals surface area (Å²) < 4.78 is 0. The maximum atomic E-state index is 11.7. The number of aromatic carboxylic acids is 1. The molecule has 2 rings (SSSR count). The first kappa shape index (κ1) is 14.3. The topological polar surface area (TPSA) is 91.3 Å². The van der Waals surface area contributed by atoms with Crippen LogP contribution in [0.15, 0.2) is 18.3 Å². The van der Waals surface area contributed by atoms with E-state index in [-0.39, 0.29) is 17.8 Å². The van der Waals surface area contributed by atoms with Gasteiger partial charge in [0.05, 0.1) is 0 Å². The van der Waals surface area contributed by atoms with E-state index >= 15 is 0 Å². The first-order valence-corrected chi connectivity index (χ1v) is 6.77. The zero-order chi connectivity index (χ0) is 14.5. The summed E-state index contributed by atoms with van der Waals surface area (Å²) in [7, 11) is 0. The Bertz CT molecular complexity index is 483. The molecule has 0 bridgehead atoms. The monoisotopic (exact) mass is 277 g/mol. The molecule has 0 aromatic carbocycles. The van der Waals surface area contributed by atoms with E-state index in [1.165, 1.54) is 25.1 Å². The molecule has 0 radical (unpaired) electrons. The summed E-state index contributed by atoms with van der Waals surface area (Å²) in [6.45, 7) is 2.33. The molecule has 20 heavy (non-hydrogen) atoms. The van der Waals surface area contributed by atoms with Crippen molar-refractivity contribution in [3.8, 4) is 0 Å². The summed E-state index contributed by atoms with van der Waals surface area (Å²) in [6.07, 6.45) is 5.03. The largest absolute Gasteiger partial charge is 0.477 e. The molecule has 0 spiro atoms. The minimum absolute atomic E-state index is 0.00347. The van der Waals surface area contributed by atoms with Crippen LogP contribution in [0.4, 0.5) is 4.79 Å².